The summed E-state index contributed by atoms with van der Waals surface area (Å²) in [7, 11) is 0. The average molecular weight is 417 g/mol. The van der Waals surface area contributed by atoms with Gasteiger partial charge in [-0.1, -0.05) is 36.4 Å². The number of nitrogens with one attached hydrogen (secondary N) is 1. The van der Waals surface area contributed by atoms with E-state index in [2.05, 4.69) is 15.4 Å². The monoisotopic (exact) mass is 417 g/mol. The third-order valence-electron chi connectivity index (χ3n) is 4.98. The van der Waals surface area contributed by atoms with Crippen molar-refractivity contribution in [2.75, 3.05) is 5.01 Å². The minimum atomic E-state index is -0.837. The maximum absolute atomic E-state index is 13.3. The molecular weight excluding hydrogens is 397 g/mol. The third kappa shape index (κ3) is 4.42. The molecule has 156 valence electrons. The normalized spacial score (nSPS) is 16.5. The molecule has 0 saturated heterocycles. The summed E-state index contributed by atoms with van der Waals surface area (Å²) in [6.45, 7) is 0. The van der Waals surface area contributed by atoms with Crippen molar-refractivity contribution in [3.63, 3.8) is 0 Å². The molecule has 1 aliphatic heterocycles. The van der Waals surface area contributed by atoms with Crippen LogP contribution >= 0.6 is 0 Å². The van der Waals surface area contributed by atoms with Gasteiger partial charge in [0.1, 0.15) is 17.6 Å². The van der Waals surface area contributed by atoms with Gasteiger partial charge >= 0.3 is 0 Å². The van der Waals surface area contributed by atoms with E-state index in [0.717, 1.165) is 5.56 Å². The Morgan fingerprint density at radius 3 is 2.39 bits per heavy atom. The largest absolute Gasteiger partial charge is 0.368 e. The Kier molecular flexibility index (Phi) is 5.70. The van der Waals surface area contributed by atoms with Gasteiger partial charge in [0.15, 0.2) is 0 Å². The highest BCUT2D eigenvalue weighted by Crippen LogP contribution is 2.26. The number of nitrogens with zero attached hydrogens (tertiary/aromatic N) is 3. The van der Waals surface area contributed by atoms with Crippen molar-refractivity contribution in [2.24, 2.45) is 10.8 Å². The number of nitrogens with two attached hydrogens (primary N) is 1. The highest BCUT2D eigenvalue weighted by Gasteiger charge is 2.35. The Bertz CT molecular complexity index is 1060. The number of hydrogen-bond donors (Lipinski definition) is 2. The molecule has 2 heterocycles. The molecule has 2 atom stereocenters. The van der Waals surface area contributed by atoms with Crippen LogP contribution in [0.1, 0.15) is 23.7 Å². The van der Waals surface area contributed by atoms with Crippen molar-refractivity contribution in [3.05, 3.63) is 96.1 Å². The van der Waals surface area contributed by atoms with Gasteiger partial charge in [0, 0.05) is 12.6 Å². The average Bonchev–Trinajstić information content (AvgIpc) is 3.25. The molecule has 0 aliphatic carbocycles. The Morgan fingerprint density at radius 1 is 1.03 bits per heavy atom. The van der Waals surface area contributed by atoms with Crippen LogP contribution in [0, 0.1) is 5.82 Å². The standard InChI is InChI=1S/C23H20FN5O2/c24-16-9-11-17(12-10-16)29-20(22(25)30)14-19(28-29)23(31)27-21(15-6-2-1-3-7-15)18-8-4-5-13-26-18/h1-13,20-21H,14H2,(H2,25,30)(H,27,31)/t20-,21-/m0/s1. The minimum absolute atomic E-state index is 0.0439. The van der Waals surface area contributed by atoms with Gasteiger partial charge in [-0.25, -0.2) is 4.39 Å². The van der Waals surface area contributed by atoms with Crippen LogP contribution in [0.5, 0.6) is 0 Å². The quantitative estimate of drug-likeness (QED) is 0.644. The third-order valence-corrected chi connectivity index (χ3v) is 4.98. The zero-order valence-corrected chi connectivity index (χ0v) is 16.5. The van der Waals surface area contributed by atoms with E-state index in [1.807, 2.05) is 42.5 Å². The van der Waals surface area contributed by atoms with Crippen molar-refractivity contribution in [1.29, 1.82) is 0 Å². The second-order valence-electron chi connectivity index (χ2n) is 7.06. The van der Waals surface area contributed by atoms with Crippen LogP contribution in [0.15, 0.2) is 84.1 Å². The SMILES string of the molecule is NC(=O)[C@@H]1CC(C(=O)N[C@@H](c2ccccc2)c2ccccn2)=NN1c1ccc(F)cc1. The lowest BCUT2D eigenvalue weighted by Crippen LogP contribution is -2.40. The predicted octanol–water partition coefficient (Wildman–Crippen LogP) is 2.55. The number of hydrogen-bond acceptors (Lipinski definition) is 5. The number of benzene rings is 2. The molecule has 0 spiro atoms. The summed E-state index contributed by atoms with van der Waals surface area (Å²) >= 11 is 0. The number of carbonyl (C=O) groups excluding carboxylic acids is 2. The smallest absolute Gasteiger partial charge is 0.268 e. The van der Waals surface area contributed by atoms with E-state index < -0.39 is 29.7 Å². The Hall–Kier alpha value is -4.07. The molecule has 7 nitrogen and oxygen atoms in total. The lowest BCUT2D eigenvalue weighted by Gasteiger charge is -2.20. The fourth-order valence-electron chi connectivity index (χ4n) is 3.44. The summed E-state index contributed by atoms with van der Waals surface area (Å²) in [5.74, 6) is -1.47. The van der Waals surface area contributed by atoms with Gasteiger partial charge in [-0.05, 0) is 42.0 Å². The van der Waals surface area contributed by atoms with Crippen molar-refractivity contribution in [3.8, 4) is 0 Å². The first-order valence-electron chi connectivity index (χ1n) is 9.71. The molecule has 8 heteroatoms. The summed E-state index contributed by atoms with van der Waals surface area (Å²) in [4.78, 5) is 29.4. The number of pyridine rings is 1. The van der Waals surface area contributed by atoms with E-state index >= 15 is 0 Å². The molecule has 3 N–H and O–H groups in total. The van der Waals surface area contributed by atoms with Crippen molar-refractivity contribution < 1.29 is 14.0 Å². The summed E-state index contributed by atoms with van der Waals surface area (Å²) in [6.07, 6.45) is 1.70. The van der Waals surface area contributed by atoms with Crippen LogP contribution in [0.2, 0.25) is 0 Å². The van der Waals surface area contributed by atoms with E-state index in [9.17, 15) is 14.0 Å². The second kappa shape index (κ2) is 8.74. The van der Waals surface area contributed by atoms with Crippen LogP contribution in [-0.2, 0) is 9.59 Å². The molecule has 0 saturated carbocycles. The Balaban J connectivity index is 1.62. The summed E-state index contributed by atoms with van der Waals surface area (Å²) in [5.41, 5.74) is 7.68. The first-order chi connectivity index (χ1) is 15.0. The lowest BCUT2D eigenvalue weighted by atomic mass is 10.0. The van der Waals surface area contributed by atoms with Crippen molar-refractivity contribution >= 4 is 23.2 Å². The minimum Gasteiger partial charge on any atom is -0.368 e. The van der Waals surface area contributed by atoms with Crippen molar-refractivity contribution in [1.82, 2.24) is 10.3 Å². The molecule has 2 aromatic carbocycles. The highest BCUT2D eigenvalue weighted by molar-refractivity contribution is 6.40. The van der Waals surface area contributed by atoms with Crippen molar-refractivity contribution in [2.45, 2.75) is 18.5 Å². The molecule has 0 bridgehead atoms. The number of amides is 2. The highest BCUT2D eigenvalue weighted by atomic mass is 19.1. The number of halogens is 1. The molecule has 0 fully saturated rings. The van der Waals surface area contributed by atoms with Crippen LogP contribution in [0.4, 0.5) is 10.1 Å². The predicted molar refractivity (Wildman–Crippen MR) is 115 cm³/mol. The first-order valence-corrected chi connectivity index (χ1v) is 9.71. The van der Waals surface area contributed by atoms with Gasteiger partial charge in [-0.15, -0.1) is 0 Å². The summed E-state index contributed by atoms with van der Waals surface area (Å²) < 4.78 is 13.3. The maximum atomic E-state index is 13.3. The maximum Gasteiger partial charge on any atom is 0.268 e. The van der Waals surface area contributed by atoms with Crippen LogP contribution in [-0.4, -0.2) is 28.6 Å². The van der Waals surface area contributed by atoms with Crippen LogP contribution < -0.4 is 16.1 Å². The number of hydrazone groups is 1. The van der Waals surface area contributed by atoms with Gasteiger partial charge in [0.05, 0.1) is 17.4 Å². The van der Waals surface area contributed by atoms with Gasteiger partial charge in [-0.2, -0.15) is 5.10 Å². The molecular formula is C23H20FN5O2. The van der Waals surface area contributed by atoms with Gasteiger partial charge < -0.3 is 11.1 Å². The van der Waals surface area contributed by atoms with Gasteiger partial charge in [-0.3, -0.25) is 19.6 Å². The van der Waals surface area contributed by atoms with E-state index in [1.165, 1.54) is 29.3 Å². The second-order valence-corrected chi connectivity index (χ2v) is 7.06. The zero-order valence-electron chi connectivity index (χ0n) is 16.5. The first kappa shape index (κ1) is 20.2. The number of carbonyl (C=O) groups is 2. The Labute approximate surface area is 178 Å². The van der Waals surface area contributed by atoms with Gasteiger partial charge in [0.25, 0.3) is 5.91 Å². The lowest BCUT2D eigenvalue weighted by molar-refractivity contribution is -0.119. The Morgan fingerprint density at radius 2 is 1.74 bits per heavy atom. The van der Waals surface area contributed by atoms with Crippen LogP contribution in [0.25, 0.3) is 0 Å². The zero-order chi connectivity index (χ0) is 21.8. The van der Waals surface area contributed by atoms with E-state index in [1.54, 1.807) is 12.3 Å². The number of rotatable bonds is 6. The number of aromatic nitrogens is 1. The van der Waals surface area contributed by atoms with E-state index in [4.69, 9.17) is 5.73 Å². The molecule has 1 aromatic heterocycles. The summed E-state index contributed by atoms with van der Waals surface area (Å²) in [5, 5.41) is 8.64. The van der Waals surface area contributed by atoms with E-state index in [-0.39, 0.29) is 12.1 Å². The summed E-state index contributed by atoms with van der Waals surface area (Å²) in [6, 6.07) is 19.1. The van der Waals surface area contributed by atoms with Gasteiger partial charge in [0.2, 0.25) is 5.91 Å². The fraction of sp³-hybridized carbons (Fsp3) is 0.130. The topological polar surface area (TPSA) is 101 Å². The van der Waals surface area contributed by atoms with E-state index in [0.29, 0.717) is 11.4 Å². The van der Waals surface area contributed by atoms with Crippen LogP contribution in [0.3, 0.4) is 0 Å². The fourth-order valence-corrected chi connectivity index (χ4v) is 3.44. The molecule has 2 amide bonds. The molecule has 31 heavy (non-hydrogen) atoms. The number of primary amides is 1. The molecule has 0 unspecified atom stereocenters. The number of anilines is 1. The molecule has 3 aromatic rings. The molecule has 0 radical (unpaired) electrons. The molecule has 4 rings (SSSR count). The molecule has 1 aliphatic rings.